The topological polar surface area (TPSA) is 27.1 Å². The molecule has 4 heteroatoms. The van der Waals surface area contributed by atoms with Crippen LogP contribution in [0.5, 0.6) is 5.75 Å². The molecule has 0 radical (unpaired) electrons. The van der Waals surface area contributed by atoms with Gasteiger partial charge in [-0.25, -0.2) is 4.98 Å². The Balaban J connectivity index is 1.99. The van der Waals surface area contributed by atoms with Crippen molar-refractivity contribution in [3.8, 4) is 5.75 Å². The molecule has 0 saturated heterocycles. The number of rotatable bonds is 5. The SMILES string of the molecule is CCCn1cncc1COc1cccc(Cl)c1. The zero-order valence-corrected chi connectivity index (χ0v) is 10.5. The van der Waals surface area contributed by atoms with Crippen molar-refractivity contribution in [3.63, 3.8) is 0 Å². The summed E-state index contributed by atoms with van der Waals surface area (Å²) in [6.45, 7) is 3.62. The van der Waals surface area contributed by atoms with Crippen molar-refractivity contribution >= 4 is 11.6 Å². The fraction of sp³-hybridized carbons (Fsp3) is 0.308. The molecule has 90 valence electrons. The van der Waals surface area contributed by atoms with Crippen LogP contribution in [0.4, 0.5) is 0 Å². The van der Waals surface area contributed by atoms with Gasteiger partial charge < -0.3 is 9.30 Å². The van der Waals surface area contributed by atoms with E-state index in [0.717, 1.165) is 24.4 Å². The number of aromatic nitrogens is 2. The van der Waals surface area contributed by atoms with Gasteiger partial charge in [-0.05, 0) is 24.6 Å². The monoisotopic (exact) mass is 250 g/mol. The third kappa shape index (κ3) is 3.24. The fourth-order valence-corrected chi connectivity index (χ4v) is 1.80. The minimum atomic E-state index is 0.514. The van der Waals surface area contributed by atoms with Crippen molar-refractivity contribution < 1.29 is 4.74 Å². The lowest BCUT2D eigenvalue weighted by Gasteiger charge is -2.08. The number of imidazole rings is 1. The largest absolute Gasteiger partial charge is 0.487 e. The summed E-state index contributed by atoms with van der Waals surface area (Å²) in [7, 11) is 0. The Kier molecular flexibility index (Phi) is 4.04. The van der Waals surface area contributed by atoms with Crippen molar-refractivity contribution in [2.24, 2.45) is 0 Å². The molecular formula is C13H15ClN2O. The maximum Gasteiger partial charge on any atom is 0.130 e. The third-order valence-electron chi connectivity index (χ3n) is 2.45. The number of halogens is 1. The number of ether oxygens (including phenoxy) is 1. The maximum absolute atomic E-state index is 5.89. The minimum Gasteiger partial charge on any atom is -0.487 e. The first-order chi connectivity index (χ1) is 8.29. The summed E-state index contributed by atoms with van der Waals surface area (Å²) in [5.74, 6) is 0.779. The molecule has 17 heavy (non-hydrogen) atoms. The van der Waals surface area contributed by atoms with E-state index in [0.29, 0.717) is 11.6 Å². The molecule has 0 fully saturated rings. The van der Waals surface area contributed by atoms with Crippen LogP contribution in [-0.4, -0.2) is 9.55 Å². The van der Waals surface area contributed by atoms with Gasteiger partial charge in [0.2, 0.25) is 0 Å². The molecule has 0 aliphatic rings. The van der Waals surface area contributed by atoms with E-state index < -0.39 is 0 Å². The fourth-order valence-electron chi connectivity index (χ4n) is 1.62. The van der Waals surface area contributed by atoms with Crippen LogP contribution in [0.15, 0.2) is 36.8 Å². The Hall–Kier alpha value is -1.48. The zero-order valence-electron chi connectivity index (χ0n) is 9.77. The molecule has 1 aromatic heterocycles. The molecule has 0 aliphatic carbocycles. The highest BCUT2D eigenvalue weighted by molar-refractivity contribution is 6.30. The zero-order chi connectivity index (χ0) is 12.1. The summed E-state index contributed by atoms with van der Waals surface area (Å²) in [5, 5.41) is 0.685. The van der Waals surface area contributed by atoms with Crippen molar-refractivity contribution in [2.75, 3.05) is 0 Å². The van der Waals surface area contributed by atoms with Crippen LogP contribution in [0.25, 0.3) is 0 Å². The van der Waals surface area contributed by atoms with Crippen LogP contribution in [0.1, 0.15) is 19.0 Å². The average molecular weight is 251 g/mol. The lowest BCUT2D eigenvalue weighted by molar-refractivity contribution is 0.294. The minimum absolute atomic E-state index is 0.514. The van der Waals surface area contributed by atoms with Crippen LogP contribution in [0, 0.1) is 0 Å². The molecule has 0 unspecified atom stereocenters. The van der Waals surface area contributed by atoms with Gasteiger partial charge >= 0.3 is 0 Å². The number of aryl methyl sites for hydroxylation is 1. The lowest BCUT2D eigenvalue weighted by Crippen LogP contribution is -2.04. The summed E-state index contributed by atoms with van der Waals surface area (Å²) in [6.07, 6.45) is 4.75. The van der Waals surface area contributed by atoms with E-state index in [9.17, 15) is 0 Å². The van der Waals surface area contributed by atoms with Crippen molar-refractivity contribution in [2.45, 2.75) is 26.5 Å². The number of benzene rings is 1. The Morgan fingerprint density at radius 2 is 2.29 bits per heavy atom. The van der Waals surface area contributed by atoms with Gasteiger partial charge in [-0.2, -0.15) is 0 Å². The second-order valence-corrected chi connectivity index (χ2v) is 4.26. The van der Waals surface area contributed by atoms with Gasteiger partial charge in [0.1, 0.15) is 12.4 Å². The molecule has 1 heterocycles. The molecule has 0 atom stereocenters. The Morgan fingerprint density at radius 1 is 1.41 bits per heavy atom. The van der Waals surface area contributed by atoms with E-state index in [1.165, 1.54) is 0 Å². The smallest absolute Gasteiger partial charge is 0.130 e. The van der Waals surface area contributed by atoms with Crippen LogP contribution < -0.4 is 4.74 Å². The van der Waals surface area contributed by atoms with Gasteiger partial charge in [-0.15, -0.1) is 0 Å². The predicted molar refractivity (Wildman–Crippen MR) is 68.3 cm³/mol. The van der Waals surface area contributed by atoms with E-state index >= 15 is 0 Å². The highest BCUT2D eigenvalue weighted by Crippen LogP contribution is 2.18. The quantitative estimate of drug-likeness (QED) is 0.812. The molecule has 0 saturated carbocycles. The number of hydrogen-bond acceptors (Lipinski definition) is 2. The average Bonchev–Trinajstić information content (AvgIpc) is 2.75. The highest BCUT2D eigenvalue weighted by atomic mass is 35.5. The normalized spacial score (nSPS) is 10.5. The molecule has 3 nitrogen and oxygen atoms in total. The van der Waals surface area contributed by atoms with Crippen molar-refractivity contribution in [1.82, 2.24) is 9.55 Å². The van der Waals surface area contributed by atoms with Gasteiger partial charge in [-0.3, -0.25) is 0 Å². The van der Waals surface area contributed by atoms with Crippen molar-refractivity contribution in [1.29, 1.82) is 0 Å². The third-order valence-corrected chi connectivity index (χ3v) is 2.68. The molecule has 1 aromatic carbocycles. The molecule has 0 aliphatic heterocycles. The number of nitrogens with zero attached hydrogens (tertiary/aromatic N) is 2. The summed E-state index contributed by atoms with van der Waals surface area (Å²) in [5.41, 5.74) is 1.08. The predicted octanol–water partition coefficient (Wildman–Crippen LogP) is 3.53. The molecule has 2 aromatic rings. The van der Waals surface area contributed by atoms with E-state index in [1.807, 2.05) is 36.8 Å². The Morgan fingerprint density at radius 3 is 3.06 bits per heavy atom. The van der Waals surface area contributed by atoms with E-state index in [-0.39, 0.29) is 0 Å². The first kappa shape index (κ1) is 12.0. The van der Waals surface area contributed by atoms with E-state index in [1.54, 1.807) is 0 Å². The Labute approximate surface area is 106 Å². The van der Waals surface area contributed by atoms with E-state index in [2.05, 4.69) is 16.5 Å². The van der Waals surface area contributed by atoms with Crippen LogP contribution in [0.2, 0.25) is 5.02 Å². The van der Waals surface area contributed by atoms with E-state index in [4.69, 9.17) is 16.3 Å². The lowest BCUT2D eigenvalue weighted by atomic mass is 10.3. The molecule has 2 rings (SSSR count). The molecular weight excluding hydrogens is 236 g/mol. The standard InChI is InChI=1S/C13H15ClN2O/c1-2-6-16-10-15-8-12(16)9-17-13-5-3-4-11(14)7-13/h3-5,7-8,10H,2,6,9H2,1H3. The molecule has 0 spiro atoms. The first-order valence-corrected chi connectivity index (χ1v) is 6.04. The maximum atomic E-state index is 5.89. The van der Waals surface area contributed by atoms with Gasteiger partial charge in [0.05, 0.1) is 18.2 Å². The summed E-state index contributed by atoms with van der Waals surface area (Å²) in [4.78, 5) is 4.13. The van der Waals surface area contributed by atoms with Crippen LogP contribution in [-0.2, 0) is 13.2 Å². The Bertz CT molecular complexity index is 482. The van der Waals surface area contributed by atoms with Crippen LogP contribution >= 0.6 is 11.6 Å². The van der Waals surface area contributed by atoms with Crippen molar-refractivity contribution in [3.05, 3.63) is 47.5 Å². The van der Waals surface area contributed by atoms with Gasteiger partial charge in [-0.1, -0.05) is 24.6 Å². The molecule has 0 amide bonds. The second-order valence-electron chi connectivity index (χ2n) is 3.82. The second kappa shape index (κ2) is 5.73. The molecule has 0 bridgehead atoms. The van der Waals surface area contributed by atoms with Gasteiger partial charge in [0.15, 0.2) is 0 Å². The highest BCUT2D eigenvalue weighted by Gasteiger charge is 2.02. The summed E-state index contributed by atoms with van der Waals surface area (Å²) >= 11 is 5.89. The summed E-state index contributed by atoms with van der Waals surface area (Å²) < 4.78 is 7.77. The van der Waals surface area contributed by atoms with Gasteiger partial charge in [0.25, 0.3) is 0 Å². The van der Waals surface area contributed by atoms with Crippen LogP contribution in [0.3, 0.4) is 0 Å². The molecule has 0 N–H and O–H groups in total. The number of hydrogen-bond donors (Lipinski definition) is 0. The van der Waals surface area contributed by atoms with Gasteiger partial charge in [0, 0.05) is 11.6 Å². The first-order valence-electron chi connectivity index (χ1n) is 5.67. The summed E-state index contributed by atoms with van der Waals surface area (Å²) in [6, 6.07) is 7.41.